The first-order chi connectivity index (χ1) is 11.4. The SMILES string of the molecule is CC1(C)CN(C(=O)c2csc(Cc3ccccc3F)n2)CCC1N. The summed E-state index contributed by atoms with van der Waals surface area (Å²) in [6, 6.07) is 6.75. The summed E-state index contributed by atoms with van der Waals surface area (Å²) >= 11 is 1.40. The van der Waals surface area contributed by atoms with Crippen LogP contribution in [0.2, 0.25) is 0 Å². The molecule has 1 fully saturated rings. The number of likely N-dealkylation sites (tertiary alicyclic amines) is 1. The highest BCUT2D eigenvalue weighted by Crippen LogP contribution is 2.29. The second-order valence-corrected chi connectivity index (χ2v) is 7.95. The van der Waals surface area contributed by atoms with Crippen LogP contribution in [0.5, 0.6) is 0 Å². The van der Waals surface area contributed by atoms with Crippen LogP contribution in [0.25, 0.3) is 0 Å². The van der Waals surface area contributed by atoms with Crippen molar-refractivity contribution in [1.82, 2.24) is 9.88 Å². The highest BCUT2D eigenvalue weighted by Gasteiger charge is 2.36. The molecule has 2 aromatic rings. The van der Waals surface area contributed by atoms with Crippen molar-refractivity contribution in [2.45, 2.75) is 32.7 Å². The Labute approximate surface area is 145 Å². The van der Waals surface area contributed by atoms with Crippen molar-refractivity contribution in [3.05, 3.63) is 51.7 Å². The normalized spacial score (nSPS) is 20.2. The Balaban J connectivity index is 1.71. The molecule has 3 rings (SSSR count). The maximum absolute atomic E-state index is 13.7. The molecule has 1 unspecified atom stereocenters. The van der Waals surface area contributed by atoms with E-state index >= 15 is 0 Å². The van der Waals surface area contributed by atoms with Gasteiger partial charge >= 0.3 is 0 Å². The molecule has 24 heavy (non-hydrogen) atoms. The predicted octanol–water partition coefficient (Wildman–Crippen LogP) is 3.07. The molecule has 1 aromatic heterocycles. The maximum Gasteiger partial charge on any atom is 0.273 e. The average Bonchev–Trinajstić information content (AvgIpc) is 3.00. The number of carbonyl (C=O) groups is 1. The molecule has 2 heterocycles. The van der Waals surface area contributed by atoms with E-state index in [1.807, 2.05) is 4.90 Å². The van der Waals surface area contributed by atoms with Gasteiger partial charge in [-0.15, -0.1) is 11.3 Å². The zero-order chi connectivity index (χ0) is 17.3. The minimum absolute atomic E-state index is 0.0639. The zero-order valence-electron chi connectivity index (χ0n) is 14.0. The summed E-state index contributed by atoms with van der Waals surface area (Å²) in [5, 5.41) is 2.51. The summed E-state index contributed by atoms with van der Waals surface area (Å²) in [7, 11) is 0. The Kier molecular flexibility index (Phi) is 4.69. The average molecular weight is 347 g/mol. The van der Waals surface area contributed by atoms with E-state index in [-0.39, 0.29) is 23.2 Å². The minimum atomic E-state index is -0.243. The number of halogens is 1. The smallest absolute Gasteiger partial charge is 0.273 e. The van der Waals surface area contributed by atoms with Gasteiger partial charge in [-0.2, -0.15) is 0 Å². The van der Waals surface area contributed by atoms with Gasteiger partial charge in [0, 0.05) is 30.9 Å². The third kappa shape index (κ3) is 3.49. The summed E-state index contributed by atoms with van der Waals surface area (Å²) in [6.07, 6.45) is 1.20. The Morgan fingerprint density at radius 3 is 2.92 bits per heavy atom. The summed E-state index contributed by atoms with van der Waals surface area (Å²) in [5.74, 6) is -0.307. The molecule has 0 bridgehead atoms. The fraction of sp³-hybridized carbons (Fsp3) is 0.444. The van der Waals surface area contributed by atoms with E-state index in [0.717, 1.165) is 11.4 Å². The standard InChI is InChI=1S/C18H22FN3OS/c1-18(2)11-22(8-7-15(18)20)17(23)14-10-24-16(21-14)9-12-5-3-4-6-13(12)19/h3-6,10,15H,7-9,11,20H2,1-2H3. The molecule has 6 heteroatoms. The quantitative estimate of drug-likeness (QED) is 0.928. The number of hydrogen-bond donors (Lipinski definition) is 1. The largest absolute Gasteiger partial charge is 0.337 e. The number of carbonyl (C=O) groups excluding carboxylic acids is 1. The van der Waals surface area contributed by atoms with E-state index < -0.39 is 0 Å². The van der Waals surface area contributed by atoms with Gasteiger partial charge in [0.2, 0.25) is 0 Å². The fourth-order valence-electron chi connectivity index (χ4n) is 3.00. The monoisotopic (exact) mass is 347 g/mol. The van der Waals surface area contributed by atoms with Crippen LogP contribution in [0, 0.1) is 11.2 Å². The number of hydrogen-bond acceptors (Lipinski definition) is 4. The molecular formula is C18H22FN3OS. The number of thiazole rings is 1. The molecule has 0 spiro atoms. The highest BCUT2D eigenvalue weighted by atomic mass is 32.1. The summed E-state index contributed by atoms with van der Waals surface area (Å²) in [4.78, 5) is 18.9. The van der Waals surface area contributed by atoms with Crippen LogP contribution < -0.4 is 5.73 Å². The molecule has 1 aromatic carbocycles. The third-order valence-corrected chi connectivity index (χ3v) is 5.52. The number of amides is 1. The number of piperidine rings is 1. The van der Waals surface area contributed by atoms with Crippen LogP contribution >= 0.6 is 11.3 Å². The lowest BCUT2D eigenvalue weighted by Gasteiger charge is -2.42. The topological polar surface area (TPSA) is 59.2 Å². The molecular weight excluding hydrogens is 325 g/mol. The van der Waals surface area contributed by atoms with Gasteiger partial charge in [-0.1, -0.05) is 32.0 Å². The van der Waals surface area contributed by atoms with Crippen molar-refractivity contribution in [2.75, 3.05) is 13.1 Å². The molecule has 0 radical (unpaired) electrons. The van der Waals surface area contributed by atoms with Gasteiger partial charge in [0.25, 0.3) is 5.91 Å². The van der Waals surface area contributed by atoms with Crippen LogP contribution in [0.3, 0.4) is 0 Å². The van der Waals surface area contributed by atoms with Crippen LogP contribution in [0.1, 0.15) is 41.3 Å². The molecule has 128 valence electrons. The molecule has 2 N–H and O–H groups in total. The van der Waals surface area contributed by atoms with Crippen LogP contribution in [0.15, 0.2) is 29.6 Å². The lowest BCUT2D eigenvalue weighted by atomic mass is 9.79. The van der Waals surface area contributed by atoms with Crippen LogP contribution in [0.4, 0.5) is 4.39 Å². The minimum Gasteiger partial charge on any atom is -0.337 e. The lowest BCUT2D eigenvalue weighted by molar-refractivity contribution is 0.0528. The van der Waals surface area contributed by atoms with Crippen LogP contribution in [-0.4, -0.2) is 34.9 Å². The Morgan fingerprint density at radius 1 is 1.46 bits per heavy atom. The molecule has 1 saturated heterocycles. The van der Waals surface area contributed by atoms with Gasteiger partial charge in [0.05, 0.1) is 5.01 Å². The van der Waals surface area contributed by atoms with Gasteiger partial charge in [-0.3, -0.25) is 4.79 Å². The Bertz CT molecular complexity index is 743. The van der Waals surface area contributed by atoms with Gasteiger partial charge in [-0.25, -0.2) is 9.37 Å². The van der Waals surface area contributed by atoms with Crippen molar-refractivity contribution in [3.8, 4) is 0 Å². The van der Waals surface area contributed by atoms with Crippen molar-refractivity contribution in [1.29, 1.82) is 0 Å². The van der Waals surface area contributed by atoms with E-state index in [9.17, 15) is 9.18 Å². The van der Waals surface area contributed by atoms with E-state index in [2.05, 4.69) is 18.8 Å². The van der Waals surface area contributed by atoms with E-state index in [4.69, 9.17) is 5.73 Å². The summed E-state index contributed by atoms with van der Waals surface area (Å²) in [6.45, 7) is 5.46. The summed E-state index contributed by atoms with van der Waals surface area (Å²) < 4.78 is 13.7. The molecule has 1 atom stereocenters. The van der Waals surface area contributed by atoms with Crippen molar-refractivity contribution in [3.63, 3.8) is 0 Å². The van der Waals surface area contributed by atoms with Crippen molar-refractivity contribution in [2.24, 2.45) is 11.1 Å². The first-order valence-electron chi connectivity index (χ1n) is 8.09. The number of aromatic nitrogens is 1. The van der Waals surface area contributed by atoms with Crippen molar-refractivity contribution < 1.29 is 9.18 Å². The number of nitrogens with zero attached hydrogens (tertiary/aromatic N) is 2. The molecule has 0 saturated carbocycles. The Morgan fingerprint density at radius 2 is 2.21 bits per heavy atom. The van der Waals surface area contributed by atoms with E-state index in [1.54, 1.807) is 23.6 Å². The fourth-order valence-corrected chi connectivity index (χ4v) is 3.80. The molecule has 1 amide bonds. The highest BCUT2D eigenvalue weighted by molar-refractivity contribution is 7.09. The second-order valence-electron chi connectivity index (χ2n) is 7.01. The Hall–Kier alpha value is -1.79. The first-order valence-corrected chi connectivity index (χ1v) is 8.97. The van der Waals surface area contributed by atoms with Gasteiger partial charge < -0.3 is 10.6 Å². The van der Waals surface area contributed by atoms with Crippen molar-refractivity contribution >= 4 is 17.2 Å². The molecule has 0 aliphatic carbocycles. The maximum atomic E-state index is 13.7. The third-order valence-electron chi connectivity index (χ3n) is 4.67. The first kappa shape index (κ1) is 17.0. The van der Waals surface area contributed by atoms with E-state index in [0.29, 0.717) is 30.8 Å². The number of rotatable bonds is 3. The lowest BCUT2D eigenvalue weighted by Crippen LogP contribution is -2.54. The number of nitrogens with two attached hydrogens (primary N) is 1. The molecule has 1 aliphatic rings. The second kappa shape index (κ2) is 6.61. The zero-order valence-corrected chi connectivity index (χ0v) is 14.8. The predicted molar refractivity (Wildman–Crippen MR) is 93.6 cm³/mol. The van der Waals surface area contributed by atoms with Crippen LogP contribution in [-0.2, 0) is 6.42 Å². The summed E-state index contributed by atoms with van der Waals surface area (Å²) in [5.41, 5.74) is 7.07. The van der Waals surface area contributed by atoms with E-state index in [1.165, 1.54) is 17.4 Å². The van der Waals surface area contributed by atoms with Gasteiger partial charge in [-0.05, 0) is 23.5 Å². The van der Waals surface area contributed by atoms with Gasteiger partial charge in [0.1, 0.15) is 11.5 Å². The van der Waals surface area contributed by atoms with Gasteiger partial charge in [0.15, 0.2) is 0 Å². The molecule has 4 nitrogen and oxygen atoms in total. The molecule has 1 aliphatic heterocycles. The number of benzene rings is 1.